The number of hydrogen-bond donors (Lipinski definition) is 1. The Morgan fingerprint density at radius 1 is 1.58 bits per heavy atom. The van der Waals surface area contributed by atoms with Crippen LogP contribution in [0.5, 0.6) is 0 Å². The molecule has 4 heteroatoms. The summed E-state index contributed by atoms with van der Waals surface area (Å²) in [5.74, 6) is 0. The summed E-state index contributed by atoms with van der Waals surface area (Å²) in [6, 6.07) is 0.159. The van der Waals surface area contributed by atoms with Gasteiger partial charge in [0.1, 0.15) is 0 Å². The van der Waals surface area contributed by atoms with Crippen LogP contribution in [0.15, 0.2) is 6.20 Å². The molecule has 12 heavy (non-hydrogen) atoms. The zero-order valence-corrected chi connectivity index (χ0v) is 7.14. The molecule has 0 aromatic carbocycles. The second-order valence-electron chi connectivity index (χ2n) is 3.41. The average molecular weight is 167 g/mol. The zero-order chi connectivity index (χ0) is 8.55. The fraction of sp³-hybridized carbons (Fsp3) is 0.750. The summed E-state index contributed by atoms with van der Waals surface area (Å²) in [5.41, 5.74) is 0.911. The molecular weight excluding hydrogens is 154 g/mol. The lowest BCUT2D eigenvalue weighted by molar-refractivity contribution is 0.129. The third-order valence-corrected chi connectivity index (χ3v) is 2.41. The molecule has 1 heterocycles. The Kier molecular flexibility index (Phi) is 1.84. The summed E-state index contributed by atoms with van der Waals surface area (Å²) < 4.78 is 1.78. The van der Waals surface area contributed by atoms with Crippen LogP contribution in [0.3, 0.4) is 0 Å². The molecule has 1 saturated carbocycles. The Bertz CT molecular complexity index is 271. The summed E-state index contributed by atoms with van der Waals surface area (Å²) >= 11 is 0. The number of hydrogen-bond acceptors (Lipinski definition) is 3. The summed E-state index contributed by atoms with van der Waals surface area (Å²) in [6.07, 6.45) is 4.66. The van der Waals surface area contributed by atoms with Gasteiger partial charge in [0.15, 0.2) is 0 Å². The highest BCUT2D eigenvalue weighted by molar-refractivity contribution is 4.91. The second-order valence-corrected chi connectivity index (χ2v) is 3.41. The number of nitrogens with zero attached hydrogens (tertiary/aromatic N) is 3. The van der Waals surface area contributed by atoms with Gasteiger partial charge in [-0.1, -0.05) is 5.21 Å². The predicted molar refractivity (Wildman–Crippen MR) is 43.7 cm³/mol. The first-order valence-corrected chi connectivity index (χ1v) is 4.34. The van der Waals surface area contributed by atoms with Crippen LogP contribution in [0.25, 0.3) is 0 Å². The maximum atomic E-state index is 9.56. The van der Waals surface area contributed by atoms with Gasteiger partial charge in [0.2, 0.25) is 0 Å². The van der Waals surface area contributed by atoms with Crippen LogP contribution in [-0.2, 0) is 0 Å². The van der Waals surface area contributed by atoms with Crippen molar-refractivity contribution >= 4 is 0 Å². The number of aromatic nitrogens is 3. The summed E-state index contributed by atoms with van der Waals surface area (Å²) in [5, 5.41) is 17.4. The minimum Gasteiger partial charge on any atom is -0.391 e. The third-order valence-electron chi connectivity index (χ3n) is 2.41. The maximum Gasteiger partial charge on any atom is 0.0796 e. The molecule has 0 radical (unpaired) electrons. The minimum absolute atomic E-state index is 0.159. The summed E-state index contributed by atoms with van der Waals surface area (Å²) in [4.78, 5) is 0. The van der Waals surface area contributed by atoms with Gasteiger partial charge < -0.3 is 5.11 Å². The van der Waals surface area contributed by atoms with Gasteiger partial charge in [-0.3, -0.25) is 0 Å². The van der Waals surface area contributed by atoms with Crippen molar-refractivity contribution < 1.29 is 5.11 Å². The Morgan fingerprint density at radius 2 is 2.42 bits per heavy atom. The molecule has 0 unspecified atom stereocenters. The first-order valence-electron chi connectivity index (χ1n) is 4.34. The molecule has 66 valence electrons. The van der Waals surface area contributed by atoms with Gasteiger partial charge in [-0.2, -0.15) is 0 Å². The van der Waals surface area contributed by atoms with Crippen LogP contribution >= 0.6 is 0 Å². The Morgan fingerprint density at radius 3 is 2.92 bits per heavy atom. The minimum atomic E-state index is -0.230. The lowest BCUT2D eigenvalue weighted by Crippen LogP contribution is -2.18. The van der Waals surface area contributed by atoms with E-state index in [0.29, 0.717) is 0 Å². The van der Waals surface area contributed by atoms with Crippen LogP contribution in [0.4, 0.5) is 0 Å². The van der Waals surface area contributed by atoms with Crippen molar-refractivity contribution in [1.82, 2.24) is 15.0 Å². The smallest absolute Gasteiger partial charge is 0.0796 e. The Hall–Kier alpha value is -0.900. The van der Waals surface area contributed by atoms with E-state index in [1.807, 2.05) is 13.1 Å². The normalized spacial score (nSPS) is 29.5. The van der Waals surface area contributed by atoms with Crippen LogP contribution < -0.4 is 0 Å². The van der Waals surface area contributed by atoms with Crippen LogP contribution in [0.1, 0.15) is 31.0 Å². The van der Waals surface area contributed by atoms with E-state index in [1.54, 1.807) is 4.68 Å². The summed E-state index contributed by atoms with van der Waals surface area (Å²) in [7, 11) is 0. The Labute approximate surface area is 71.2 Å². The highest BCUT2D eigenvalue weighted by Gasteiger charge is 2.27. The van der Waals surface area contributed by atoms with Gasteiger partial charge in [-0.25, -0.2) is 4.68 Å². The van der Waals surface area contributed by atoms with Crippen molar-refractivity contribution in [3.05, 3.63) is 11.9 Å². The number of rotatable bonds is 1. The van der Waals surface area contributed by atoms with Crippen LogP contribution in [0, 0.1) is 6.92 Å². The van der Waals surface area contributed by atoms with Gasteiger partial charge in [0.25, 0.3) is 0 Å². The third kappa shape index (κ3) is 1.22. The topological polar surface area (TPSA) is 50.9 Å². The molecule has 0 bridgehead atoms. The molecule has 2 atom stereocenters. The quantitative estimate of drug-likeness (QED) is 0.669. The fourth-order valence-corrected chi connectivity index (χ4v) is 1.76. The lowest BCUT2D eigenvalue weighted by atomic mass is 10.2. The highest BCUT2D eigenvalue weighted by atomic mass is 16.3. The molecule has 0 aliphatic heterocycles. The molecule has 1 aromatic rings. The number of aryl methyl sites for hydroxylation is 1. The first-order chi connectivity index (χ1) is 5.77. The van der Waals surface area contributed by atoms with E-state index in [-0.39, 0.29) is 12.1 Å². The molecule has 0 amide bonds. The van der Waals surface area contributed by atoms with E-state index < -0.39 is 0 Å². The van der Waals surface area contributed by atoms with Gasteiger partial charge in [0, 0.05) is 6.20 Å². The van der Waals surface area contributed by atoms with Crippen molar-refractivity contribution in [3.8, 4) is 0 Å². The molecule has 1 fully saturated rings. The predicted octanol–water partition coefficient (Wildman–Crippen LogP) is 0.672. The van der Waals surface area contributed by atoms with E-state index in [9.17, 15) is 5.11 Å². The van der Waals surface area contributed by atoms with E-state index in [4.69, 9.17) is 0 Å². The van der Waals surface area contributed by atoms with Crippen LogP contribution in [0.2, 0.25) is 0 Å². The van der Waals surface area contributed by atoms with Gasteiger partial charge >= 0.3 is 0 Å². The van der Waals surface area contributed by atoms with E-state index in [1.165, 1.54) is 0 Å². The lowest BCUT2D eigenvalue weighted by Gasteiger charge is -2.13. The molecule has 4 nitrogen and oxygen atoms in total. The summed E-state index contributed by atoms with van der Waals surface area (Å²) in [6.45, 7) is 1.91. The second kappa shape index (κ2) is 2.86. The molecule has 0 spiro atoms. The first kappa shape index (κ1) is 7.73. The van der Waals surface area contributed by atoms with Gasteiger partial charge in [-0.05, 0) is 26.2 Å². The standard InChI is InChI=1S/C8H13N3O/c1-6-5-11(10-9-6)7-3-2-4-8(7)12/h5,7-8,12H,2-4H2,1H3/t7-,8-/m0/s1. The number of aliphatic hydroxyl groups excluding tert-OH is 1. The van der Waals surface area contributed by atoms with E-state index >= 15 is 0 Å². The number of aliphatic hydroxyl groups is 1. The van der Waals surface area contributed by atoms with Crippen molar-refractivity contribution in [1.29, 1.82) is 0 Å². The molecule has 2 rings (SSSR count). The maximum absolute atomic E-state index is 9.56. The Balaban J connectivity index is 2.19. The SMILES string of the molecule is Cc1cn([C@H]2CCC[C@@H]2O)nn1. The molecule has 1 N–H and O–H groups in total. The highest BCUT2D eigenvalue weighted by Crippen LogP contribution is 2.28. The van der Waals surface area contributed by atoms with Crippen molar-refractivity contribution in [2.75, 3.05) is 0 Å². The van der Waals surface area contributed by atoms with Gasteiger partial charge in [-0.15, -0.1) is 5.10 Å². The van der Waals surface area contributed by atoms with Crippen molar-refractivity contribution in [2.24, 2.45) is 0 Å². The van der Waals surface area contributed by atoms with Crippen LogP contribution in [-0.4, -0.2) is 26.2 Å². The molecule has 1 aliphatic rings. The van der Waals surface area contributed by atoms with Gasteiger partial charge in [0.05, 0.1) is 17.8 Å². The monoisotopic (exact) mass is 167 g/mol. The van der Waals surface area contributed by atoms with E-state index in [0.717, 1.165) is 25.0 Å². The van der Waals surface area contributed by atoms with E-state index in [2.05, 4.69) is 10.3 Å². The van der Waals surface area contributed by atoms with Crippen molar-refractivity contribution in [2.45, 2.75) is 38.3 Å². The zero-order valence-electron chi connectivity index (χ0n) is 7.14. The average Bonchev–Trinajstić information content (AvgIpc) is 2.58. The molecule has 1 aromatic heterocycles. The molecule has 1 aliphatic carbocycles. The molecule has 0 saturated heterocycles. The molecular formula is C8H13N3O. The fourth-order valence-electron chi connectivity index (χ4n) is 1.76. The largest absolute Gasteiger partial charge is 0.391 e. The van der Waals surface area contributed by atoms with Crippen molar-refractivity contribution in [3.63, 3.8) is 0 Å².